The predicted octanol–water partition coefficient (Wildman–Crippen LogP) is 4.27. The summed E-state index contributed by atoms with van der Waals surface area (Å²) in [4.78, 5) is 28.5. The van der Waals surface area contributed by atoms with E-state index >= 15 is 0 Å². The fourth-order valence-electron chi connectivity index (χ4n) is 2.18. The second-order valence-electron chi connectivity index (χ2n) is 5.56. The van der Waals surface area contributed by atoms with Crippen molar-refractivity contribution >= 4 is 28.9 Å². The second kappa shape index (κ2) is 8.05. The van der Waals surface area contributed by atoms with Crippen LogP contribution in [-0.2, 0) is 9.53 Å². The van der Waals surface area contributed by atoms with Crippen LogP contribution in [0.25, 0.3) is 10.6 Å². The predicted molar refractivity (Wildman–Crippen MR) is 97.4 cm³/mol. The molecule has 3 rings (SSSR count). The van der Waals surface area contributed by atoms with Crippen LogP contribution in [0.1, 0.15) is 17.4 Å². The van der Waals surface area contributed by atoms with Crippen LogP contribution < -0.4 is 5.32 Å². The molecule has 0 saturated carbocycles. The van der Waals surface area contributed by atoms with E-state index in [1.165, 1.54) is 23.6 Å². The van der Waals surface area contributed by atoms with E-state index in [2.05, 4.69) is 10.3 Å². The van der Waals surface area contributed by atoms with Gasteiger partial charge in [-0.05, 0) is 19.1 Å². The molecule has 0 aliphatic carbocycles. The van der Waals surface area contributed by atoms with Gasteiger partial charge in [-0.15, -0.1) is 11.3 Å². The van der Waals surface area contributed by atoms with E-state index in [4.69, 9.17) is 4.74 Å². The summed E-state index contributed by atoms with van der Waals surface area (Å²) in [6.07, 6.45) is -1.19. The Morgan fingerprint density at radius 1 is 1.15 bits per heavy atom. The van der Waals surface area contributed by atoms with Crippen molar-refractivity contribution in [2.45, 2.75) is 13.0 Å². The smallest absolute Gasteiger partial charge is 0.358 e. The number of ether oxygens (including phenoxy) is 1. The highest BCUT2D eigenvalue weighted by atomic mass is 32.1. The monoisotopic (exact) mass is 388 g/mol. The molecule has 2 aromatic carbocycles. The minimum Gasteiger partial charge on any atom is -0.448 e. The molecule has 1 aromatic heterocycles. The third kappa shape index (κ3) is 4.53. The molecule has 8 heteroatoms. The van der Waals surface area contributed by atoms with E-state index in [-0.39, 0.29) is 11.4 Å². The number of carbonyl (C=O) groups excluding carboxylic acids is 2. The lowest BCUT2D eigenvalue weighted by atomic mass is 10.2. The molecule has 0 aliphatic heterocycles. The summed E-state index contributed by atoms with van der Waals surface area (Å²) >= 11 is 1.27. The Morgan fingerprint density at radius 2 is 1.89 bits per heavy atom. The van der Waals surface area contributed by atoms with Crippen molar-refractivity contribution in [3.8, 4) is 10.6 Å². The van der Waals surface area contributed by atoms with Gasteiger partial charge in [0.15, 0.2) is 11.8 Å². The molecule has 1 atom stereocenters. The number of hydrogen-bond acceptors (Lipinski definition) is 5. The van der Waals surface area contributed by atoms with Gasteiger partial charge in [-0.1, -0.05) is 30.3 Å². The Hall–Kier alpha value is -3.13. The van der Waals surface area contributed by atoms with E-state index in [1.807, 2.05) is 30.3 Å². The average Bonchev–Trinajstić information content (AvgIpc) is 3.15. The molecule has 1 heterocycles. The normalized spacial score (nSPS) is 11.7. The number of aromatic nitrogens is 1. The zero-order valence-electron chi connectivity index (χ0n) is 14.1. The van der Waals surface area contributed by atoms with E-state index in [0.29, 0.717) is 11.1 Å². The summed E-state index contributed by atoms with van der Waals surface area (Å²) in [5.41, 5.74) is 0.731. The highest BCUT2D eigenvalue weighted by molar-refractivity contribution is 7.13. The molecule has 0 radical (unpaired) electrons. The molecule has 0 fully saturated rings. The Morgan fingerprint density at radius 3 is 2.59 bits per heavy atom. The third-order valence-electron chi connectivity index (χ3n) is 3.58. The molecule has 0 saturated heterocycles. The van der Waals surface area contributed by atoms with Crippen molar-refractivity contribution < 1.29 is 23.1 Å². The van der Waals surface area contributed by atoms with Crippen molar-refractivity contribution in [1.82, 2.24) is 4.98 Å². The molecule has 0 spiro atoms. The minimum absolute atomic E-state index is 0.0754. The average molecular weight is 388 g/mol. The molecule has 1 N–H and O–H groups in total. The van der Waals surface area contributed by atoms with Crippen molar-refractivity contribution in [3.63, 3.8) is 0 Å². The van der Waals surface area contributed by atoms with Crippen LogP contribution in [-0.4, -0.2) is 23.0 Å². The fraction of sp³-hybridized carbons (Fsp3) is 0.105. The molecular weight excluding hydrogens is 374 g/mol. The first-order valence-corrected chi connectivity index (χ1v) is 8.80. The summed E-state index contributed by atoms with van der Waals surface area (Å²) < 4.78 is 31.6. The summed E-state index contributed by atoms with van der Waals surface area (Å²) in [7, 11) is 0. The second-order valence-corrected chi connectivity index (χ2v) is 6.42. The van der Waals surface area contributed by atoms with Gasteiger partial charge in [0.05, 0.1) is 5.69 Å². The number of benzene rings is 2. The summed E-state index contributed by atoms with van der Waals surface area (Å²) in [5.74, 6) is -3.19. The first kappa shape index (κ1) is 18.7. The summed E-state index contributed by atoms with van der Waals surface area (Å²) in [5, 5.41) is 4.43. The Kier molecular flexibility index (Phi) is 5.56. The SMILES string of the molecule is C[C@@H](OC(=O)c1csc(-c2ccccc2)n1)C(=O)Nc1ccc(F)cc1F. The molecule has 1 amide bonds. The number of carbonyl (C=O) groups is 2. The Balaban J connectivity index is 1.63. The standard InChI is InChI=1S/C19H14F2N2O3S/c1-11(17(24)22-15-8-7-13(20)9-14(15)21)26-19(25)16-10-27-18(23-16)12-5-3-2-4-6-12/h2-11H,1H3,(H,22,24)/t11-/m1/s1. The lowest BCUT2D eigenvalue weighted by molar-refractivity contribution is -0.123. The number of hydrogen-bond donors (Lipinski definition) is 1. The number of thiazole rings is 1. The van der Waals surface area contributed by atoms with Crippen molar-refractivity contribution in [2.75, 3.05) is 5.32 Å². The van der Waals surface area contributed by atoms with Crippen LogP contribution in [0.3, 0.4) is 0 Å². The van der Waals surface area contributed by atoms with Gasteiger partial charge in [-0.2, -0.15) is 0 Å². The zero-order chi connectivity index (χ0) is 19.4. The molecule has 0 unspecified atom stereocenters. The number of nitrogens with zero attached hydrogens (tertiary/aromatic N) is 1. The van der Waals surface area contributed by atoms with Crippen LogP contribution in [0.5, 0.6) is 0 Å². The van der Waals surface area contributed by atoms with Crippen molar-refractivity contribution in [1.29, 1.82) is 0 Å². The first-order chi connectivity index (χ1) is 12.9. The number of amides is 1. The molecule has 5 nitrogen and oxygen atoms in total. The fourth-order valence-corrected chi connectivity index (χ4v) is 2.98. The highest BCUT2D eigenvalue weighted by Crippen LogP contribution is 2.24. The lowest BCUT2D eigenvalue weighted by Crippen LogP contribution is -2.30. The first-order valence-electron chi connectivity index (χ1n) is 7.92. The van der Waals surface area contributed by atoms with Gasteiger partial charge in [0.1, 0.15) is 16.6 Å². The molecule has 138 valence electrons. The largest absolute Gasteiger partial charge is 0.448 e. The molecule has 0 aliphatic rings. The summed E-state index contributed by atoms with van der Waals surface area (Å²) in [6, 6.07) is 12.1. The van der Waals surface area contributed by atoms with Gasteiger partial charge in [0.2, 0.25) is 0 Å². The van der Waals surface area contributed by atoms with Crippen LogP contribution in [0.4, 0.5) is 14.5 Å². The maximum absolute atomic E-state index is 13.6. The number of esters is 1. The third-order valence-corrected chi connectivity index (χ3v) is 4.47. The van der Waals surface area contributed by atoms with Crippen molar-refractivity contribution in [2.24, 2.45) is 0 Å². The number of anilines is 1. The van der Waals surface area contributed by atoms with E-state index < -0.39 is 29.6 Å². The van der Waals surface area contributed by atoms with Crippen LogP contribution >= 0.6 is 11.3 Å². The van der Waals surface area contributed by atoms with Gasteiger partial charge in [0.25, 0.3) is 5.91 Å². The molecule has 3 aromatic rings. The molecular formula is C19H14F2N2O3S. The number of rotatable bonds is 5. The maximum atomic E-state index is 13.6. The van der Waals surface area contributed by atoms with Gasteiger partial charge < -0.3 is 10.1 Å². The Labute approximate surface area is 157 Å². The maximum Gasteiger partial charge on any atom is 0.358 e. The van der Waals surface area contributed by atoms with Gasteiger partial charge in [0, 0.05) is 17.0 Å². The van der Waals surface area contributed by atoms with E-state index in [0.717, 1.165) is 17.7 Å². The van der Waals surface area contributed by atoms with Crippen LogP contribution in [0, 0.1) is 11.6 Å². The number of nitrogens with one attached hydrogen (secondary N) is 1. The zero-order valence-corrected chi connectivity index (χ0v) is 14.9. The van der Waals surface area contributed by atoms with Crippen molar-refractivity contribution in [3.05, 3.63) is 71.2 Å². The van der Waals surface area contributed by atoms with Crippen LogP contribution in [0.2, 0.25) is 0 Å². The highest BCUT2D eigenvalue weighted by Gasteiger charge is 2.22. The van der Waals surface area contributed by atoms with Gasteiger partial charge in [-0.25, -0.2) is 18.6 Å². The van der Waals surface area contributed by atoms with Crippen LogP contribution in [0.15, 0.2) is 53.9 Å². The van der Waals surface area contributed by atoms with Gasteiger partial charge >= 0.3 is 5.97 Å². The lowest BCUT2D eigenvalue weighted by Gasteiger charge is -2.13. The molecule has 27 heavy (non-hydrogen) atoms. The quantitative estimate of drug-likeness (QED) is 0.663. The van der Waals surface area contributed by atoms with E-state index in [1.54, 1.807) is 0 Å². The van der Waals surface area contributed by atoms with Gasteiger partial charge in [-0.3, -0.25) is 4.79 Å². The Bertz CT molecular complexity index is 976. The molecule has 0 bridgehead atoms. The summed E-state index contributed by atoms with van der Waals surface area (Å²) in [6.45, 7) is 1.35. The topological polar surface area (TPSA) is 68.3 Å². The minimum atomic E-state index is -1.19. The van der Waals surface area contributed by atoms with E-state index in [9.17, 15) is 18.4 Å². The number of halogens is 2.